The van der Waals surface area contributed by atoms with Gasteiger partial charge in [-0.2, -0.15) is 0 Å². The van der Waals surface area contributed by atoms with Gasteiger partial charge in [-0.25, -0.2) is 9.48 Å². The lowest BCUT2D eigenvalue weighted by atomic mass is 10.2. The molecule has 0 aliphatic carbocycles. The second kappa shape index (κ2) is 7.81. The van der Waals surface area contributed by atoms with Crippen molar-refractivity contribution >= 4 is 5.97 Å². The van der Waals surface area contributed by atoms with Crippen molar-refractivity contribution in [2.24, 2.45) is 0 Å². The quantitative estimate of drug-likeness (QED) is 0.557. The van der Waals surface area contributed by atoms with E-state index in [4.69, 9.17) is 9.84 Å². The van der Waals surface area contributed by atoms with E-state index in [1.54, 1.807) is 11.6 Å². The van der Waals surface area contributed by atoms with Crippen molar-refractivity contribution < 1.29 is 14.6 Å². The number of aliphatic hydroxyl groups excluding tert-OH is 1. The van der Waals surface area contributed by atoms with E-state index in [1.165, 1.54) is 0 Å². The second-order valence-electron chi connectivity index (χ2n) is 4.01. The second-order valence-corrected chi connectivity index (χ2v) is 4.01. The molecule has 1 aromatic rings. The van der Waals surface area contributed by atoms with E-state index in [-0.39, 0.29) is 6.61 Å². The smallest absolute Gasteiger partial charge is 0.360 e. The molecule has 0 saturated heterocycles. The van der Waals surface area contributed by atoms with Crippen molar-refractivity contribution in [1.82, 2.24) is 15.0 Å². The Kier molecular flexibility index (Phi) is 6.35. The number of unbranched alkanes of at least 4 members (excludes halogenated alkanes) is 1. The van der Waals surface area contributed by atoms with Crippen LogP contribution in [0.1, 0.15) is 49.3 Å². The average molecular weight is 255 g/mol. The fourth-order valence-corrected chi connectivity index (χ4v) is 1.73. The summed E-state index contributed by atoms with van der Waals surface area (Å²) in [4.78, 5) is 11.7. The van der Waals surface area contributed by atoms with Crippen molar-refractivity contribution in [2.75, 3.05) is 13.2 Å². The lowest BCUT2D eigenvalue weighted by Crippen LogP contribution is -2.11. The summed E-state index contributed by atoms with van der Waals surface area (Å²) in [6.07, 6.45) is 3.21. The van der Waals surface area contributed by atoms with Gasteiger partial charge in [0.25, 0.3) is 0 Å². The Morgan fingerprint density at radius 2 is 2.17 bits per heavy atom. The summed E-state index contributed by atoms with van der Waals surface area (Å²) in [5, 5.41) is 16.7. The predicted molar refractivity (Wildman–Crippen MR) is 66.3 cm³/mol. The van der Waals surface area contributed by atoms with Crippen LogP contribution in [0.15, 0.2) is 0 Å². The standard InChI is InChI=1S/C12H21N3O3/c1-3-7-10-11(12(17)18-4-2)13-14-15(10)8-5-6-9-16/h16H,3-9H2,1-2H3. The van der Waals surface area contributed by atoms with Crippen LogP contribution in [0, 0.1) is 0 Å². The highest BCUT2D eigenvalue weighted by Crippen LogP contribution is 2.11. The number of ether oxygens (including phenoxy) is 1. The molecular formula is C12H21N3O3. The SMILES string of the molecule is CCCc1c(C(=O)OCC)nnn1CCCCO. The number of aryl methyl sites for hydroxylation is 1. The third-order valence-electron chi connectivity index (χ3n) is 2.57. The van der Waals surface area contributed by atoms with Gasteiger partial charge >= 0.3 is 5.97 Å². The Morgan fingerprint density at radius 1 is 1.39 bits per heavy atom. The normalized spacial score (nSPS) is 10.6. The Hall–Kier alpha value is -1.43. The van der Waals surface area contributed by atoms with Gasteiger partial charge in [0.15, 0.2) is 5.69 Å². The van der Waals surface area contributed by atoms with Crippen LogP contribution in [0.3, 0.4) is 0 Å². The first-order chi connectivity index (χ1) is 8.74. The Bertz CT molecular complexity index is 377. The molecule has 0 unspecified atom stereocenters. The average Bonchev–Trinajstić information content (AvgIpc) is 2.74. The number of nitrogens with zero attached hydrogens (tertiary/aromatic N) is 3. The minimum Gasteiger partial charge on any atom is -0.461 e. The van der Waals surface area contributed by atoms with E-state index in [0.717, 1.165) is 31.4 Å². The largest absolute Gasteiger partial charge is 0.461 e. The predicted octanol–water partition coefficient (Wildman–Crippen LogP) is 1.18. The summed E-state index contributed by atoms with van der Waals surface area (Å²) in [5.41, 5.74) is 1.15. The minimum absolute atomic E-state index is 0.169. The Morgan fingerprint density at radius 3 is 2.78 bits per heavy atom. The fourth-order valence-electron chi connectivity index (χ4n) is 1.73. The van der Waals surface area contributed by atoms with E-state index in [1.807, 2.05) is 6.92 Å². The summed E-state index contributed by atoms with van der Waals surface area (Å²) in [7, 11) is 0. The number of hydrogen-bond acceptors (Lipinski definition) is 5. The molecule has 1 rings (SSSR count). The van der Waals surface area contributed by atoms with Crippen LogP contribution in [0.5, 0.6) is 0 Å². The van der Waals surface area contributed by atoms with E-state index in [0.29, 0.717) is 18.8 Å². The molecule has 0 aliphatic rings. The van der Waals surface area contributed by atoms with Crippen LogP contribution in [-0.2, 0) is 17.7 Å². The first-order valence-electron chi connectivity index (χ1n) is 6.44. The van der Waals surface area contributed by atoms with Crippen molar-refractivity contribution in [3.63, 3.8) is 0 Å². The van der Waals surface area contributed by atoms with E-state index in [2.05, 4.69) is 10.3 Å². The lowest BCUT2D eigenvalue weighted by Gasteiger charge is -2.06. The molecule has 0 fully saturated rings. The third kappa shape index (κ3) is 3.80. The van der Waals surface area contributed by atoms with Gasteiger partial charge in [0.1, 0.15) is 0 Å². The highest BCUT2D eigenvalue weighted by Gasteiger charge is 2.19. The van der Waals surface area contributed by atoms with Gasteiger partial charge < -0.3 is 9.84 Å². The lowest BCUT2D eigenvalue weighted by molar-refractivity contribution is 0.0518. The van der Waals surface area contributed by atoms with Crippen LogP contribution in [0.4, 0.5) is 0 Å². The van der Waals surface area contributed by atoms with Gasteiger partial charge in [-0.15, -0.1) is 5.10 Å². The molecule has 0 aromatic carbocycles. The van der Waals surface area contributed by atoms with Crippen molar-refractivity contribution in [1.29, 1.82) is 0 Å². The number of rotatable bonds is 8. The molecule has 1 N–H and O–H groups in total. The highest BCUT2D eigenvalue weighted by molar-refractivity contribution is 5.88. The van der Waals surface area contributed by atoms with Gasteiger partial charge in [-0.3, -0.25) is 0 Å². The third-order valence-corrected chi connectivity index (χ3v) is 2.57. The molecule has 18 heavy (non-hydrogen) atoms. The van der Waals surface area contributed by atoms with Crippen LogP contribution in [0.2, 0.25) is 0 Å². The summed E-state index contributed by atoms with van der Waals surface area (Å²) < 4.78 is 6.70. The number of esters is 1. The van der Waals surface area contributed by atoms with E-state index < -0.39 is 5.97 Å². The topological polar surface area (TPSA) is 77.2 Å². The maximum atomic E-state index is 11.7. The molecule has 0 radical (unpaired) electrons. The maximum absolute atomic E-state index is 11.7. The van der Waals surface area contributed by atoms with Gasteiger partial charge in [-0.1, -0.05) is 18.6 Å². The van der Waals surface area contributed by atoms with E-state index in [9.17, 15) is 4.79 Å². The number of carbonyl (C=O) groups is 1. The molecule has 0 atom stereocenters. The van der Waals surface area contributed by atoms with Crippen LogP contribution in [0.25, 0.3) is 0 Å². The van der Waals surface area contributed by atoms with Crippen LogP contribution < -0.4 is 0 Å². The fraction of sp³-hybridized carbons (Fsp3) is 0.750. The van der Waals surface area contributed by atoms with Crippen molar-refractivity contribution in [3.05, 3.63) is 11.4 Å². The summed E-state index contributed by atoms with van der Waals surface area (Å²) >= 11 is 0. The zero-order chi connectivity index (χ0) is 13.4. The van der Waals surface area contributed by atoms with Crippen LogP contribution in [-0.4, -0.2) is 39.3 Å². The molecule has 0 aliphatic heterocycles. The van der Waals surface area contributed by atoms with Crippen molar-refractivity contribution in [3.8, 4) is 0 Å². The van der Waals surface area contributed by atoms with Crippen LogP contribution >= 0.6 is 0 Å². The monoisotopic (exact) mass is 255 g/mol. The summed E-state index contributed by atoms with van der Waals surface area (Å²) in [5.74, 6) is -0.408. The Labute approximate surface area is 107 Å². The molecule has 0 spiro atoms. The molecular weight excluding hydrogens is 234 g/mol. The highest BCUT2D eigenvalue weighted by atomic mass is 16.5. The number of aromatic nitrogens is 3. The minimum atomic E-state index is -0.408. The van der Waals surface area contributed by atoms with Crippen molar-refractivity contribution in [2.45, 2.75) is 46.1 Å². The molecule has 0 saturated carbocycles. The van der Waals surface area contributed by atoms with Gasteiger partial charge in [0, 0.05) is 13.2 Å². The number of carbonyl (C=O) groups excluding carboxylic acids is 1. The molecule has 0 amide bonds. The van der Waals surface area contributed by atoms with Gasteiger partial charge in [0.2, 0.25) is 0 Å². The zero-order valence-corrected chi connectivity index (χ0v) is 11.1. The first kappa shape index (κ1) is 14.6. The number of aliphatic hydroxyl groups is 1. The first-order valence-corrected chi connectivity index (χ1v) is 6.44. The van der Waals surface area contributed by atoms with E-state index >= 15 is 0 Å². The molecule has 1 aromatic heterocycles. The maximum Gasteiger partial charge on any atom is 0.360 e. The molecule has 6 heteroatoms. The molecule has 6 nitrogen and oxygen atoms in total. The number of hydrogen-bond donors (Lipinski definition) is 1. The summed E-state index contributed by atoms with van der Waals surface area (Å²) in [6, 6.07) is 0. The molecule has 1 heterocycles. The molecule has 102 valence electrons. The zero-order valence-electron chi connectivity index (χ0n) is 11.1. The molecule has 0 bridgehead atoms. The Balaban J connectivity index is 2.81. The van der Waals surface area contributed by atoms with Gasteiger partial charge in [0.05, 0.1) is 12.3 Å². The summed E-state index contributed by atoms with van der Waals surface area (Å²) in [6.45, 7) is 4.98. The van der Waals surface area contributed by atoms with Gasteiger partial charge in [-0.05, 0) is 26.2 Å².